The lowest BCUT2D eigenvalue weighted by molar-refractivity contribution is 0.0696. The Bertz CT molecular complexity index is 441. The molecule has 1 N–H and O–H groups in total. The van der Waals surface area contributed by atoms with Gasteiger partial charge in [0.15, 0.2) is 0 Å². The number of aliphatic hydroxyl groups is 1. The van der Waals surface area contributed by atoms with Crippen molar-refractivity contribution in [3.8, 4) is 0 Å². The van der Waals surface area contributed by atoms with Gasteiger partial charge in [-0.2, -0.15) is 0 Å². The van der Waals surface area contributed by atoms with E-state index in [1.165, 1.54) is 0 Å². The molecule has 0 aliphatic heterocycles. The fourth-order valence-electron chi connectivity index (χ4n) is 2.75. The molecular formula is C13H20N2O2. The molecule has 2 rings (SSSR count). The number of aliphatic hydroxyl groups excluding tert-OH is 1. The van der Waals surface area contributed by atoms with E-state index in [0.29, 0.717) is 12.3 Å². The minimum atomic E-state index is -0.281. The van der Waals surface area contributed by atoms with Gasteiger partial charge in [0.25, 0.3) is 5.56 Å². The maximum atomic E-state index is 11.9. The molecule has 1 aliphatic rings. The predicted molar refractivity (Wildman–Crippen MR) is 65.9 cm³/mol. The third-order valence-corrected chi connectivity index (χ3v) is 3.78. The molecule has 0 amide bonds. The van der Waals surface area contributed by atoms with Crippen molar-refractivity contribution < 1.29 is 5.11 Å². The van der Waals surface area contributed by atoms with E-state index in [2.05, 4.69) is 11.9 Å². The van der Waals surface area contributed by atoms with Crippen molar-refractivity contribution in [2.45, 2.75) is 51.7 Å². The summed E-state index contributed by atoms with van der Waals surface area (Å²) in [4.78, 5) is 16.1. The first kappa shape index (κ1) is 12.3. The van der Waals surface area contributed by atoms with Gasteiger partial charge in [-0.1, -0.05) is 13.3 Å². The molecule has 3 unspecified atom stereocenters. The summed E-state index contributed by atoms with van der Waals surface area (Å²) in [6.07, 6.45) is 4.89. The highest BCUT2D eigenvalue weighted by atomic mass is 16.3. The summed E-state index contributed by atoms with van der Waals surface area (Å²) < 4.78 is 1.70. The Labute approximate surface area is 101 Å². The van der Waals surface area contributed by atoms with Crippen LogP contribution in [0.25, 0.3) is 0 Å². The van der Waals surface area contributed by atoms with Crippen molar-refractivity contribution in [1.82, 2.24) is 9.55 Å². The van der Waals surface area contributed by atoms with Crippen LogP contribution in [0.3, 0.4) is 0 Å². The van der Waals surface area contributed by atoms with Gasteiger partial charge in [-0.25, -0.2) is 4.98 Å². The van der Waals surface area contributed by atoms with E-state index < -0.39 is 0 Å². The zero-order valence-electron chi connectivity index (χ0n) is 10.5. The topological polar surface area (TPSA) is 55.1 Å². The molecule has 1 aliphatic carbocycles. The zero-order chi connectivity index (χ0) is 12.4. The number of nitrogens with zero attached hydrogens (tertiary/aromatic N) is 2. The largest absolute Gasteiger partial charge is 0.393 e. The minimum absolute atomic E-state index is 0.00458. The molecule has 1 heterocycles. The normalized spacial score (nSPS) is 29.2. The van der Waals surface area contributed by atoms with E-state index in [1.807, 2.05) is 6.92 Å². The van der Waals surface area contributed by atoms with Crippen LogP contribution < -0.4 is 5.56 Å². The molecule has 0 spiro atoms. The molecule has 94 valence electrons. The van der Waals surface area contributed by atoms with Crippen molar-refractivity contribution in [1.29, 1.82) is 0 Å². The number of aryl methyl sites for hydroxylation is 1. The number of aromatic nitrogens is 2. The van der Waals surface area contributed by atoms with Crippen LogP contribution in [0.15, 0.2) is 17.2 Å². The number of hydrogen-bond acceptors (Lipinski definition) is 3. The van der Waals surface area contributed by atoms with Crippen molar-refractivity contribution in [2.24, 2.45) is 5.92 Å². The Kier molecular flexibility index (Phi) is 3.62. The van der Waals surface area contributed by atoms with Crippen LogP contribution in [-0.2, 0) is 0 Å². The molecule has 3 atom stereocenters. The Morgan fingerprint density at radius 2 is 2.29 bits per heavy atom. The second-order valence-electron chi connectivity index (χ2n) is 4.98. The summed E-state index contributed by atoms with van der Waals surface area (Å²) in [5.74, 6) is 0.473. The highest BCUT2D eigenvalue weighted by Crippen LogP contribution is 2.35. The first-order chi connectivity index (χ1) is 8.11. The Morgan fingerprint density at radius 3 is 2.94 bits per heavy atom. The Morgan fingerprint density at radius 1 is 1.53 bits per heavy atom. The molecule has 0 aromatic carbocycles. The van der Waals surface area contributed by atoms with Crippen LogP contribution in [0.5, 0.6) is 0 Å². The van der Waals surface area contributed by atoms with E-state index in [0.717, 1.165) is 25.0 Å². The molecule has 1 aromatic heterocycles. The smallest absolute Gasteiger partial charge is 0.253 e. The molecule has 0 saturated heterocycles. The van der Waals surface area contributed by atoms with E-state index in [4.69, 9.17) is 0 Å². The van der Waals surface area contributed by atoms with Crippen molar-refractivity contribution >= 4 is 0 Å². The minimum Gasteiger partial charge on any atom is -0.393 e. The second kappa shape index (κ2) is 5.00. The van der Waals surface area contributed by atoms with E-state index in [9.17, 15) is 9.90 Å². The predicted octanol–water partition coefficient (Wildman–Crippen LogP) is 1.66. The second-order valence-corrected chi connectivity index (χ2v) is 4.98. The van der Waals surface area contributed by atoms with E-state index >= 15 is 0 Å². The van der Waals surface area contributed by atoms with E-state index in [1.54, 1.807) is 17.0 Å². The average molecular weight is 236 g/mol. The summed E-state index contributed by atoms with van der Waals surface area (Å²) in [7, 11) is 0. The SMILES string of the molecule is CCC1CCC(O)CC1n1cnc(C)cc1=O. The van der Waals surface area contributed by atoms with Crippen molar-refractivity contribution in [3.05, 3.63) is 28.4 Å². The molecule has 1 saturated carbocycles. The van der Waals surface area contributed by atoms with Crippen molar-refractivity contribution in [3.63, 3.8) is 0 Å². The average Bonchev–Trinajstić information content (AvgIpc) is 2.29. The maximum Gasteiger partial charge on any atom is 0.253 e. The fraction of sp³-hybridized carbons (Fsp3) is 0.692. The van der Waals surface area contributed by atoms with Crippen LogP contribution in [-0.4, -0.2) is 20.8 Å². The van der Waals surface area contributed by atoms with Gasteiger partial charge in [0.1, 0.15) is 0 Å². The quantitative estimate of drug-likeness (QED) is 0.849. The molecule has 1 aromatic rings. The van der Waals surface area contributed by atoms with Crippen molar-refractivity contribution in [2.75, 3.05) is 0 Å². The molecule has 0 bridgehead atoms. The standard InChI is InChI=1S/C13H20N2O2/c1-3-10-4-5-11(16)7-12(10)15-8-14-9(2)6-13(15)17/h6,8,10-12,16H,3-5,7H2,1-2H3. The third-order valence-electron chi connectivity index (χ3n) is 3.78. The van der Waals surface area contributed by atoms with Crippen LogP contribution in [0.4, 0.5) is 0 Å². The lowest BCUT2D eigenvalue weighted by Crippen LogP contribution is -2.35. The van der Waals surface area contributed by atoms with Crippen LogP contribution >= 0.6 is 0 Å². The monoisotopic (exact) mass is 236 g/mol. The van der Waals surface area contributed by atoms with Gasteiger partial charge >= 0.3 is 0 Å². The molecule has 0 radical (unpaired) electrons. The maximum absolute atomic E-state index is 11.9. The third kappa shape index (κ3) is 2.57. The Balaban J connectivity index is 2.32. The lowest BCUT2D eigenvalue weighted by Gasteiger charge is -2.34. The number of hydrogen-bond donors (Lipinski definition) is 1. The van der Waals surface area contributed by atoms with Crippen LogP contribution in [0.2, 0.25) is 0 Å². The highest BCUT2D eigenvalue weighted by Gasteiger charge is 2.30. The summed E-state index contributed by atoms with van der Waals surface area (Å²) in [6, 6.07) is 1.66. The van der Waals surface area contributed by atoms with Gasteiger partial charge in [-0.05, 0) is 32.1 Å². The summed E-state index contributed by atoms with van der Waals surface area (Å²) >= 11 is 0. The molecule has 4 nitrogen and oxygen atoms in total. The fourth-order valence-corrected chi connectivity index (χ4v) is 2.75. The summed E-state index contributed by atoms with van der Waals surface area (Å²) in [5.41, 5.74) is 0.741. The number of rotatable bonds is 2. The van der Waals surface area contributed by atoms with Gasteiger partial charge in [0.05, 0.1) is 12.4 Å². The van der Waals surface area contributed by atoms with Crippen LogP contribution in [0.1, 0.15) is 44.3 Å². The lowest BCUT2D eigenvalue weighted by atomic mass is 9.81. The zero-order valence-corrected chi connectivity index (χ0v) is 10.5. The van der Waals surface area contributed by atoms with Gasteiger partial charge in [-0.3, -0.25) is 9.36 Å². The summed E-state index contributed by atoms with van der Waals surface area (Å²) in [6.45, 7) is 3.96. The molecule has 4 heteroatoms. The highest BCUT2D eigenvalue weighted by molar-refractivity contribution is 4.98. The van der Waals surface area contributed by atoms with Crippen LogP contribution in [0, 0.1) is 12.8 Å². The van der Waals surface area contributed by atoms with Gasteiger partial charge in [0.2, 0.25) is 0 Å². The Hall–Kier alpha value is -1.16. The molecule has 1 fully saturated rings. The van der Waals surface area contributed by atoms with Gasteiger partial charge in [-0.15, -0.1) is 0 Å². The molecule has 17 heavy (non-hydrogen) atoms. The first-order valence-corrected chi connectivity index (χ1v) is 6.34. The van der Waals surface area contributed by atoms with Gasteiger partial charge < -0.3 is 5.11 Å². The molecular weight excluding hydrogens is 216 g/mol. The van der Waals surface area contributed by atoms with Gasteiger partial charge in [0, 0.05) is 17.8 Å². The first-order valence-electron chi connectivity index (χ1n) is 6.34. The van der Waals surface area contributed by atoms with E-state index in [-0.39, 0.29) is 17.7 Å². The summed E-state index contributed by atoms with van der Waals surface area (Å²) in [5, 5.41) is 9.76.